The molecule has 0 aliphatic heterocycles. The van der Waals surface area contributed by atoms with Gasteiger partial charge in [-0.25, -0.2) is 0 Å². The van der Waals surface area contributed by atoms with E-state index in [4.69, 9.17) is 4.42 Å². The average Bonchev–Trinajstić information content (AvgIpc) is 2.78. The van der Waals surface area contributed by atoms with Gasteiger partial charge >= 0.3 is 0 Å². The third-order valence-electron chi connectivity index (χ3n) is 3.00. The van der Waals surface area contributed by atoms with Gasteiger partial charge in [0.05, 0.1) is 6.26 Å². The van der Waals surface area contributed by atoms with Crippen LogP contribution in [0.1, 0.15) is 18.9 Å². The van der Waals surface area contributed by atoms with Crippen molar-refractivity contribution in [2.75, 3.05) is 12.0 Å². The van der Waals surface area contributed by atoms with Crippen molar-refractivity contribution < 1.29 is 4.42 Å². The molecule has 1 aromatic carbocycles. The van der Waals surface area contributed by atoms with Crippen LogP contribution in [0.2, 0.25) is 0 Å². The molecule has 0 spiro atoms. The van der Waals surface area contributed by atoms with E-state index in [0.717, 1.165) is 24.3 Å². The van der Waals surface area contributed by atoms with Crippen molar-refractivity contribution in [3.63, 3.8) is 0 Å². The van der Waals surface area contributed by atoms with Gasteiger partial charge in [-0.15, -0.1) is 0 Å². The molecule has 17 heavy (non-hydrogen) atoms. The lowest BCUT2D eigenvalue weighted by molar-refractivity contribution is 0.535. The first-order chi connectivity index (χ1) is 8.35. The molecule has 0 bridgehead atoms. The highest BCUT2D eigenvalue weighted by Crippen LogP contribution is 2.20. The van der Waals surface area contributed by atoms with Crippen LogP contribution in [0, 0.1) is 0 Å². The smallest absolute Gasteiger partial charge is 0.134 e. The largest absolute Gasteiger partial charge is 0.464 e. The number of fused-ring (bicyclic) bond motifs is 1. The highest BCUT2D eigenvalue weighted by molar-refractivity contribution is 7.98. The molecule has 1 aromatic heterocycles. The molecule has 1 unspecified atom stereocenters. The zero-order chi connectivity index (χ0) is 12.1. The van der Waals surface area contributed by atoms with Gasteiger partial charge in [-0.3, -0.25) is 0 Å². The van der Waals surface area contributed by atoms with E-state index < -0.39 is 0 Å². The van der Waals surface area contributed by atoms with Gasteiger partial charge in [-0.2, -0.15) is 11.8 Å². The van der Waals surface area contributed by atoms with E-state index in [1.165, 1.54) is 10.9 Å². The number of para-hydroxylation sites is 1. The summed E-state index contributed by atoms with van der Waals surface area (Å²) in [5.41, 5.74) is 2.22. The molecule has 2 nitrogen and oxygen atoms in total. The second-order valence-electron chi connectivity index (χ2n) is 4.20. The quantitative estimate of drug-likeness (QED) is 0.845. The molecule has 0 amide bonds. The van der Waals surface area contributed by atoms with Crippen molar-refractivity contribution in [3.8, 4) is 0 Å². The van der Waals surface area contributed by atoms with Crippen LogP contribution < -0.4 is 5.32 Å². The van der Waals surface area contributed by atoms with E-state index in [2.05, 4.69) is 30.6 Å². The molecule has 3 heteroatoms. The lowest BCUT2D eigenvalue weighted by Gasteiger charge is -2.14. The van der Waals surface area contributed by atoms with Crippen LogP contribution in [0.15, 0.2) is 34.9 Å². The number of furan rings is 1. The minimum absolute atomic E-state index is 0.582. The van der Waals surface area contributed by atoms with Crippen LogP contribution in [0.4, 0.5) is 0 Å². The Labute approximate surface area is 107 Å². The number of hydrogen-bond acceptors (Lipinski definition) is 3. The molecule has 0 aliphatic rings. The SMILES string of the molecule is CCC(CSC)NCc1coc2ccccc12. The molecule has 0 aliphatic carbocycles. The van der Waals surface area contributed by atoms with Crippen LogP contribution in [-0.4, -0.2) is 18.1 Å². The minimum Gasteiger partial charge on any atom is -0.464 e. The van der Waals surface area contributed by atoms with Crippen LogP contribution in [0.25, 0.3) is 11.0 Å². The summed E-state index contributed by atoms with van der Waals surface area (Å²) in [5, 5.41) is 4.81. The second kappa shape index (κ2) is 6.12. The van der Waals surface area contributed by atoms with Gasteiger partial charge in [0.1, 0.15) is 5.58 Å². The van der Waals surface area contributed by atoms with E-state index in [9.17, 15) is 0 Å². The molecule has 1 heterocycles. The Morgan fingerprint density at radius 3 is 2.94 bits per heavy atom. The lowest BCUT2D eigenvalue weighted by atomic mass is 10.1. The number of hydrogen-bond donors (Lipinski definition) is 1. The highest BCUT2D eigenvalue weighted by Gasteiger charge is 2.08. The van der Waals surface area contributed by atoms with Crippen molar-refractivity contribution in [2.24, 2.45) is 0 Å². The molecular weight excluding hydrogens is 230 g/mol. The Morgan fingerprint density at radius 2 is 2.18 bits per heavy atom. The first-order valence-electron chi connectivity index (χ1n) is 6.02. The average molecular weight is 249 g/mol. The summed E-state index contributed by atoms with van der Waals surface area (Å²) >= 11 is 1.89. The fourth-order valence-electron chi connectivity index (χ4n) is 1.95. The normalized spacial score (nSPS) is 13.1. The molecule has 1 atom stereocenters. The van der Waals surface area contributed by atoms with Gasteiger partial charge < -0.3 is 9.73 Å². The van der Waals surface area contributed by atoms with Crippen LogP contribution in [0.3, 0.4) is 0 Å². The maximum atomic E-state index is 5.53. The van der Waals surface area contributed by atoms with E-state index in [1.54, 1.807) is 0 Å². The van der Waals surface area contributed by atoms with E-state index in [-0.39, 0.29) is 0 Å². The van der Waals surface area contributed by atoms with Crippen LogP contribution in [0.5, 0.6) is 0 Å². The van der Waals surface area contributed by atoms with Crippen molar-refractivity contribution in [2.45, 2.75) is 25.9 Å². The number of nitrogens with one attached hydrogen (secondary N) is 1. The predicted octanol–water partition coefficient (Wildman–Crippen LogP) is 3.66. The second-order valence-corrected chi connectivity index (χ2v) is 5.11. The molecule has 0 saturated carbocycles. The van der Waals surface area contributed by atoms with Crippen molar-refractivity contribution in [3.05, 3.63) is 36.1 Å². The van der Waals surface area contributed by atoms with Crippen molar-refractivity contribution in [1.29, 1.82) is 0 Å². The summed E-state index contributed by atoms with van der Waals surface area (Å²) in [6.45, 7) is 3.11. The summed E-state index contributed by atoms with van der Waals surface area (Å²) in [6.07, 6.45) is 5.18. The molecule has 0 saturated heterocycles. The Bertz CT molecular complexity index is 466. The number of benzene rings is 1. The molecule has 0 radical (unpaired) electrons. The molecule has 92 valence electrons. The predicted molar refractivity (Wildman–Crippen MR) is 75.5 cm³/mol. The fourth-order valence-corrected chi connectivity index (χ4v) is 2.70. The Hall–Kier alpha value is -0.930. The highest BCUT2D eigenvalue weighted by atomic mass is 32.2. The summed E-state index contributed by atoms with van der Waals surface area (Å²) in [6, 6.07) is 8.77. The molecular formula is C14H19NOS. The Morgan fingerprint density at radius 1 is 1.35 bits per heavy atom. The monoisotopic (exact) mass is 249 g/mol. The van der Waals surface area contributed by atoms with E-state index in [1.807, 2.05) is 30.2 Å². The maximum absolute atomic E-state index is 5.53. The number of rotatable bonds is 6. The lowest BCUT2D eigenvalue weighted by Crippen LogP contribution is -2.29. The minimum atomic E-state index is 0.582. The molecule has 2 aromatic rings. The zero-order valence-corrected chi connectivity index (χ0v) is 11.2. The Balaban J connectivity index is 2.03. The van der Waals surface area contributed by atoms with Crippen molar-refractivity contribution >= 4 is 22.7 Å². The van der Waals surface area contributed by atoms with Crippen molar-refractivity contribution in [1.82, 2.24) is 5.32 Å². The van der Waals surface area contributed by atoms with Gasteiger partial charge in [0.15, 0.2) is 0 Å². The van der Waals surface area contributed by atoms with E-state index in [0.29, 0.717) is 6.04 Å². The standard InChI is InChI=1S/C14H19NOS/c1-3-12(10-17-2)15-8-11-9-16-14-7-5-4-6-13(11)14/h4-7,9,12,15H,3,8,10H2,1-2H3. The van der Waals surface area contributed by atoms with Gasteiger partial charge in [-0.05, 0) is 18.7 Å². The van der Waals surface area contributed by atoms with Gasteiger partial charge in [0, 0.05) is 29.3 Å². The third-order valence-corrected chi connectivity index (χ3v) is 3.74. The fraction of sp³-hybridized carbons (Fsp3) is 0.429. The molecule has 2 rings (SSSR count). The van der Waals surface area contributed by atoms with Crippen LogP contribution >= 0.6 is 11.8 Å². The number of thioether (sulfide) groups is 1. The van der Waals surface area contributed by atoms with E-state index >= 15 is 0 Å². The first kappa shape index (κ1) is 12.5. The molecule has 1 N–H and O–H groups in total. The topological polar surface area (TPSA) is 25.2 Å². The summed E-state index contributed by atoms with van der Waals surface area (Å²) in [5.74, 6) is 1.16. The zero-order valence-electron chi connectivity index (χ0n) is 10.4. The third kappa shape index (κ3) is 3.05. The summed E-state index contributed by atoms with van der Waals surface area (Å²) in [7, 11) is 0. The first-order valence-corrected chi connectivity index (χ1v) is 7.42. The summed E-state index contributed by atoms with van der Waals surface area (Å²) < 4.78 is 5.53. The van der Waals surface area contributed by atoms with Gasteiger partial charge in [0.2, 0.25) is 0 Å². The van der Waals surface area contributed by atoms with Gasteiger partial charge in [-0.1, -0.05) is 25.1 Å². The van der Waals surface area contributed by atoms with Crippen LogP contribution in [-0.2, 0) is 6.54 Å². The summed E-state index contributed by atoms with van der Waals surface area (Å²) in [4.78, 5) is 0. The van der Waals surface area contributed by atoms with Gasteiger partial charge in [0.25, 0.3) is 0 Å². The maximum Gasteiger partial charge on any atom is 0.134 e. The molecule has 0 fully saturated rings. The Kier molecular flexibility index (Phi) is 4.51.